The summed E-state index contributed by atoms with van der Waals surface area (Å²) < 4.78 is 16.5. The normalized spacial score (nSPS) is 20.2. The second-order valence-electron chi connectivity index (χ2n) is 6.45. The van der Waals surface area contributed by atoms with Gasteiger partial charge in [0, 0.05) is 25.5 Å². The third-order valence-electron chi connectivity index (χ3n) is 4.68. The molecule has 0 radical (unpaired) electrons. The minimum atomic E-state index is -0.217. The van der Waals surface area contributed by atoms with Crippen LogP contribution in [-0.4, -0.2) is 30.8 Å². The minimum Gasteiger partial charge on any atom is -0.493 e. The van der Waals surface area contributed by atoms with Gasteiger partial charge in [-0.25, -0.2) is 4.98 Å². The van der Waals surface area contributed by atoms with Crippen molar-refractivity contribution < 1.29 is 19.0 Å². The standard InChI is InChI=1S/C18H25NO4/c20-18(15-7-10-21-11-8-15)23-17-12-16(6-9-19-17)22-13-14-4-2-1-3-5-14/h6,9,12,14-15H,1-5,7-8,10-11,13H2. The van der Waals surface area contributed by atoms with Gasteiger partial charge in [0.15, 0.2) is 0 Å². The van der Waals surface area contributed by atoms with Gasteiger partial charge in [-0.1, -0.05) is 19.3 Å². The summed E-state index contributed by atoms with van der Waals surface area (Å²) in [5.41, 5.74) is 0. The maximum Gasteiger partial charge on any atom is 0.315 e. The van der Waals surface area contributed by atoms with E-state index < -0.39 is 0 Å². The Morgan fingerprint density at radius 3 is 2.74 bits per heavy atom. The van der Waals surface area contributed by atoms with E-state index in [0.29, 0.717) is 25.0 Å². The smallest absolute Gasteiger partial charge is 0.315 e. The van der Waals surface area contributed by atoms with Crippen molar-refractivity contribution in [3.8, 4) is 11.6 Å². The Bertz CT molecular complexity index is 507. The zero-order valence-electron chi connectivity index (χ0n) is 13.5. The van der Waals surface area contributed by atoms with E-state index in [0.717, 1.165) is 25.2 Å². The van der Waals surface area contributed by atoms with Gasteiger partial charge < -0.3 is 14.2 Å². The lowest BCUT2D eigenvalue weighted by Crippen LogP contribution is -2.27. The molecule has 0 spiro atoms. The number of pyridine rings is 1. The average Bonchev–Trinajstić information content (AvgIpc) is 2.62. The van der Waals surface area contributed by atoms with Gasteiger partial charge in [0.2, 0.25) is 5.88 Å². The van der Waals surface area contributed by atoms with Gasteiger partial charge in [-0.3, -0.25) is 4.79 Å². The molecule has 1 aromatic heterocycles. The summed E-state index contributed by atoms with van der Waals surface area (Å²) in [6, 6.07) is 3.52. The van der Waals surface area contributed by atoms with Crippen LogP contribution in [0.5, 0.6) is 11.6 Å². The van der Waals surface area contributed by atoms with Gasteiger partial charge in [-0.2, -0.15) is 0 Å². The summed E-state index contributed by atoms with van der Waals surface area (Å²) in [7, 11) is 0. The molecule has 0 bridgehead atoms. The molecule has 5 heteroatoms. The molecule has 5 nitrogen and oxygen atoms in total. The third kappa shape index (κ3) is 4.93. The van der Waals surface area contributed by atoms with Crippen molar-refractivity contribution in [1.82, 2.24) is 4.98 Å². The fourth-order valence-corrected chi connectivity index (χ4v) is 3.22. The number of ether oxygens (including phenoxy) is 3. The van der Waals surface area contributed by atoms with Gasteiger partial charge in [-0.15, -0.1) is 0 Å². The third-order valence-corrected chi connectivity index (χ3v) is 4.68. The Hall–Kier alpha value is -1.62. The van der Waals surface area contributed by atoms with Gasteiger partial charge in [0.1, 0.15) is 5.75 Å². The first kappa shape index (κ1) is 16.2. The molecule has 0 atom stereocenters. The molecule has 0 aromatic carbocycles. The van der Waals surface area contributed by atoms with Crippen LogP contribution >= 0.6 is 0 Å². The van der Waals surface area contributed by atoms with Gasteiger partial charge in [0.25, 0.3) is 0 Å². The van der Waals surface area contributed by atoms with Crippen LogP contribution in [0.2, 0.25) is 0 Å². The molecule has 126 valence electrons. The van der Waals surface area contributed by atoms with E-state index in [-0.39, 0.29) is 11.9 Å². The predicted octanol–water partition coefficient (Wildman–Crippen LogP) is 3.37. The molecule has 1 aromatic rings. The van der Waals surface area contributed by atoms with Gasteiger partial charge in [-0.05, 0) is 37.7 Å². The lowest BCUT2D eigenvalue weighted by molar-refractivity contribution is -0.142. The summed E-state index contributed by atoms with van der Waals surface area (Å²) >= 11 is 0. The maximum absolute atomic E-state index is 12.1. The summed E-state index contributed by atoms with van der Waals surface area (Å²) in [4.78, 5) is 16.2. The molecule has 2 heterocycles. The number of nitrogens with zero attached hydrogens (tertiary/aromatic N) is 1. The highest BCUT2D eigenvalue weighted by molar-refractivity contribution is 5.74. The van der Waals surface area contributed by atoms with Crippen molar-refractivity contribution in [1.29, 1.82) is 0 Å². The molecule has 1 saturated heterocycles. The Morgan fingerprint density at radius 1 is 1.17 bits per heavy atom. The largest absolute Gasteiger partial charge is 0.493 e. The topological polar surface area (TPSA) is 57.7 Å². The predicted molar refractivity (Wildman–Crippen MR) is 85.5 cm³/mol. The second-order valence-corrected chi connectivity index (χ2v) is 6.45. The zero-order chi connectivity index (χ0) is 15.9. The molecule has 2 fully saturated rings. The number of esters is 1. The number of hydrogen-bond acceptors (Lipinski definition) is 5. The average molecular weight is 319 g/mol. The molecule has 0 unspecified atom stereocenters. The number of rotatable bonds is 5. The van der Waals surface area contributed by atoms with Gasteiger partial charge in [0.05, 0.1) is 12.5 Å². The molecular weight excluding hydrogens is 294 g/mol. The van der Waals surface area contributed by atoms with Crippen LogP contribution in [0, 0.1) is 11.8 Å². The van der Waals surface area contributed by atoms with E-state index >= 15 is 0 Å². The van der Waals surface area contributed by atoms with Crippen LogP contribution in [0.15, 0.2) is 18.3 Å². The van der Waals surface area contributed by atoms with Crippen molar-refractivity contribution in [3.05, 3.63) is 18.3 Å². The molecule has 2 aliphatic rings. The van der Waals surface area contributed by atoms with Crippen LogP contribution in [0.1, 0.15) is 44.9 Å². The number of carbonyl (C=O) groups is 1. The van der Waals surface area contributed by atoms with E-state index in [2.05, 4.69) is 4.98 Å². The first-order chi connectivity index (χ1) is 11.3. The Kier molecular flexibility index (Phi) is 5.86. The van der Waals surface area contributed by atoms with Gasteiger partial charge >= 0.3 is 5.97 Å². The molecule has 3 rings (SSSR count). The van der Waals surface area contributed by atoms with E-state index in [4.69, 9.17) is 14.2 Å². The van der Waals surface area contributed by atoms with Crippen LogP contribution < -0.4 is 9.47 Å². The summed E-state index contributed by atoms with van der Waals surface area (Å²) in [6.07, 6.45) is 9.51. The molecule has 0 amide bonds. The quantitative estimate of drug-likeness (QED) is 0.779. The van der Waals surface area contributed by atoms with Crippen LogP contribution in [0.3, 0.4) is 0 Å². The number of carbonyl (C=O) groups excluding carboxylic acids is 1. The van der Waals surface area contributed by atoms with Crippen LogP contribution in [0.4, 0.5) is 0 Å². The van der Waals surface area contributed by atoms with Crippen molar-refractivity contribution >= 4 is 5.97 Å². The van der Waals surface area contributed by atoms with Crippen molar-refractivity contribution in [2.45, 2.75) is 44.9 Å². The molecule has 1 aliphatic carbocycles. The highest BCUT2D eigenvalue weighted by Gasteiger charge is 2.24. The van der Waals surface area contributed by atoms with Crippen LogP contribution in [0.25, 0.3) is 0 Å². The van der Waals surface area contributed by atoms with E-state index in [1.165, 1.54) is 32.1 Å². The fourth-order valence-electron chi connectivity index (χ4n) is 3.22. The maximum atomic E-state index is 12.1. The molecule has 1 saturated carbocycles. The highest BCUT2D eigenvalue weighted by atomic mass is 16.5. The Balaban J connectivity index is 1.51. The highest BCUT2D eigenvalue weighted by Crippen LogP contribution is 2.26. The first-order valence-corrected chi connectivity index (χ1v) is 8.69. The second kappa shape index (κ2) is 8.29. The summed E-state index contributed by atoms with van der Waals surface area (Å²) in [5, 5.41) is 0. The van der Waals surface area contributed by atoms with Crippen molar-refractivity contribution in [2.75, 3.05) is 19.8 Å². The van der Waals surface area contributed by atoms with E-state index in [1.807, 2.05) is 6.07 Å². The summed E-state index contributed by atoms with van der Waals surface area (Å²) in [5.74, 6) is 1.38. The SMILES string of the molecule is O=C(Oc1cc(OCC2CCCCC2)ccn1)C1CCOCC1. The molecule has 23 heavy (non-hydrogen) atoms. The summed E-state index contributed by atoms with van der Waals surface area (Å²) in [6.45, 7) is 1.98. The molecule has 0 N–H and O–H groups in total. The Labute approximate surface area is 137 Å². The number of aromatic nitrogens is 1. The van der Waals surface area contributed by atoms with Crippen molar-refractivity contribution in [3.63, 3.8) is 0 Å². The fraction of sp³-hybridized carbons (Fsp3) is 0.667. The lowest BCUT2D eigenvalue weighted by Gasteiger charge is -2.22. The first-order valence-electron chi connectivity index (χ1n) is 8.69. The van der Waals surface area contributed by atoms with E-state index in [1.54, 1.807) is 12.3 Å². The van der Waals surface area contributed by atoms with E-state index in [9.17, 15) is 4.79 Å². The minimum absolute atomic E-state index is 0.0858. The Morgan fingerprint density at radius 2 is 1.96 bits per heavy atom. The monoisotopic (exact) mass is 319 g/mol. The molecular formula is C18H25NO4. The number of hydrogen-bond donors (Lipinski definition) is 0. The van der Waals surface area contributed by atoms with Crippen LogP contribution in [-0.2, 0) is 9.53 Å². The molecule has 1 aliphatic heterocycles. The zero-order valence-corrected chi connectivity index (χ0v) is 13.5. The lowest BCUT2D eigenvalue weighted by atomic mass is 9.90. The van der Waals surface area contributed by atoms with Crippen molar-refractivity contribution in [2.24, 2.45) is 11.8 Å².